The Hall–Kier alpha value is 0.644. The fourth-order valence-corrected chi connectivity index (χ4v) is 0. The molecule has 1 radical (unpaired) electrons. The second-order valence-electron chi connectivity index (χ2n) is 0. The predicted molar refractivity (Wildman–Crippen MR) is 21.7 cm³/mol. The summed E-state index contributed by atoms with van der Waals surface area (Å²) in [5, 5.41) is 0. The van der Waals surface area contributed by atoms with E-state index in [0.29, 0.717) is 0 Å². The first kappa shape index (κ1) is 293. The normalized spacial score (nSPS) is 0. The van der Waals surface area contributed by atoms with Crippen LogP contribution in [0.4, 0.5) is 4.70 Å². The van der Waals surface area contributed by atoms with E-state index in [1.165, 1.54) is 0 Å². The molecule has 0 aliphatic heterocycles. The van der Waals surface area contributed by atoms with Crippen molar-refractivity contribution >= 4 is 0 Å². The molecule has 0 rings (SSSR count). The molecular formula is C3H10FTi. The first-order valence-corrected chi connectivity index (χ1v) is 0. The molecule has 0 bridgehead atoms. The summed E-state index contributed by atoms with van der Waals surface area (Å²) in [5.41, 5.74) is 0. The van der Waals surface area contributed by atoms with Gasteiger partial charge in [-0.2, -0.15) is 0 Å². The van der Waals surface area contributed by atoms with Crippen molar-refractivity contribution in [3.8, 4) is 0 Å². The van der Waals surface area contributed by atoms with Crippen LogP contribution in [0.15, 0.2) is 0 Å². The Bertz CT molecular complexity index is 6.85. The second-order valence-corrected chi connectivity index (χ2v) is 0. The zero-order valence-corrected chi connectivity index (χ0v) is 5.47. The number of hydrogen-bond donors (Lipinski definition) is 0. The standard InChI is InChI=1S/3CH3.FH.Ti/h3*1H3;1H;/q3*-1;;+3. The van der Waals surface area contributed by atoms with Crippen LogP contribution in [-0.2, 0) is 21.7 Å². The molecule has 0 atom stereocenters. The van der Waals surface area contributed by atoms with Gasteiger partial charge in [-0.15, -0.1) is 0 Å². The maximum absolute atomic E-state index is 0. The van der Waals surface area contributed by atoms with Gasteiger partial charge in [-0.1, -0.05) is 0 Å². The average Bonchev–Trinajstić information content (AvgIpc) is 0. The molecule has 0 aromatic carbocycles. The number of rotatable bonds is 0. The zero-order valence-electron chi connectivity index (χ0n) is 3.91. The number of halogens is 1. The summed E-state index contributed by atoms with van der Waals surface area (Å²) in [6, 6.07) is 0. The van der Waals surface area contributed by atoms with Crippen LogP contribution in [0.2, 0.25) is 0 Å². The molecule has 0 aromatic rings. The van der Waals surface area contributed by atoms with Crippen LogP contribution in [0.1, 0.15) is 0 Å². The Morgan fingerprint density at radius 2 is 0.600 bits per heavy atom. The quantitative estimate of drug-likeness (QED) is 0.330. The topological polar surface area (TPSA) is 0 Å². The third-order valence-corrected chi connectivity index (χ3v) is 0. The summed E-state index contributed by atoms with van der Waals surface area (Å²) in [4.78, 5) is 0. The van der Waals surface area contributed by atoms with Gasteiger partial charge in [0.2, 0.25) is 0 Å². The first-order chi connectivity index (χ1) is 0. The second kappa shape index (κ2) is 149. The summed E-state index contributed by atoms with van der Waals surface area (Å²) < 4.78 is 0. The third-order valence-electron chi connectivity index (χ3n) is 0. The van der Waals surface area contributed by atoms with Gasteiger partial charge in [-0.3, -0.25) is 4.70 Å². The maximum atomic E-state index is 0. The van der Waals surface area contributed by atoms with Crippen LogP contribution >= 0.6 is 0 Å². The van der Waals surface area contributed by atoms with E-state index in [1.807, 2.05) is 0 Å². The van der Waals surface area contributed by atoms with Crippen LogP contribution < -0.4 is 0 Å². The van der Waals surface area contributed by atoms with Crippen molar-refractivity contribution in [2.24, 2.45) is 0 Å². The van der Waals surface area contributed by atoms with Crippen LogP contribution in [0.3, 0.4) is 0 Å². The summed E-state index contributed by atoms with van der Waals surface area (Å²) >= 11 is 0. The van der Waals surface area contributed by atoms with E-state index >= 15 is 0 Å². The molecule has 0 aromatic heterocycles. The summed E-state index contributed by atoms with van der Waals surface area (Å²) in [6.07, 6.45) is 0. The van der Waals surface area contributed by atoms with Gasteiger partial charge in [-0.25, -0.2) is 0 Å². The Labute approximate surface area is 49.2 Å². The van der Waals surface area contributed by atoms with E-state index in [2.05, 4.69) is 0 Å². The molecule has 0 aliphatic rings. The fourth-order valence-electron chi connectivity index (χ4n) is 0. The van der Waals surface area contributed by atoms with E-state index in [-0.39, 0.29) is 48.7 Å². The van der Waals surface area contributed by atoms with Gasteiger partial charge in [0.1, 0.15) is 0 Å². The van der Waals surface area contributed by atoms with Crippen molar-refractivity contribution in [3.63, 3.8) is 0 Å². The molecule has 0 aliphatic carbocycles. The SMILES string of the molecule is F.[CH3-].[CH3-].[CH3-].[Ti+3]. The molecule has 2 heteroatoms. The van der Waals surface area contributed by atoms with E-state index < -0.39 is 0 Å². The molecule has 33 valence electrons. The number of hydrogen-bond acceptors (Lipinski definition) is 0. The molecule has 0 spiro atoms. The predicted octanol–water partition coefficient (Wildman–Crippen LogP) is 1.50. The van der Waals surface area contributed by atoms with Crippen molar-refractivity contribution in [2.75, 3.05) is 0 Å². The van der Waals surface area contributed by atoms with Gasteiger partial charge in [0.15, 0.2) is 0 Å². The first-order valence-electron chi connectivity index (χ1n) is 0. The molecule has 5 heavy (non-hydrogen) atoms. The van der Waals surface area contributed by atoms with Crippen molar-refractivity contribution in [2.45, 2.75) is 0 Å². The Morgan fingerprint density at radius 3 is 0.600 bits per heavy atom. The molecule has 0 unspecified atom stereocenters. The van der Waals surface area contributed by atoms with E-state index in [9.17, 15) is 0 Å². The largest absolute Gasteiger partial charge is 3.00 e. The van der Waals surface area contributed by atoms with Crippen molar-refractivity contribution in [1.82, 2.24) is 0 Å². The monoisotopic (exact) mass is 113 g/mol. The van der Waals surface area contributed by atoms with Gasteiger partial charge >= 0.3 is 21.7 Å². The van der Waals surface area contributed by atoms with E-state index in [0.717, 1.165) is 0 Å². The molecule has 0 nitrogen and oxygen atoms in total. The van der Waals surface area contributed by atoms with E-state index in [1.54, 1.807) is 0 Å². The Morgan fingerprint density at radius 1 is 0.600 bits per heavy atom. The Kier molecular flexibility index (Phi) is 8720. The Balaban J connectivity index is 0. The van der Waals surface area contributed by atoms with Crippen molar-refractivity contribution in [3.05, 3.63) is 22.3 Å². The van der Waals surface area contributed by atoms with Crippen LogP contribution in [0, 0.1) is 22.3 Å². The van der Waals surface area contributed by atoms with Crippen LogP contribution in [0.25, 0.3) is 0 Å². The van der Waals surface area contributed by atoms with Gasteiger partial charge in [0.05, 0.1) is 0 Å². The van der Waals surface area contributed by atoms with Gasteiger partial charge in [0.25, 0.3) is 0 Å². The summed E-state index contributed by atoms with van der Waals surface area (Å²) in [6.45, 7) is 0. The summed E-state index contributed by atoms with van der Waals surface area (Å²) in [5.74, 6) is 0. The molecular weight excluding hydrogens is 103 g/mol. The molecule has 0 fully saturated rings. The fraction of sp³-hybridized carbons (Fsp3) is 0. The molecule has 0 heterocycles. The minimum Gasteiger partial charge on any atom is -0.358 e. The van der Waals surface area contributed by atoms with Gasteiger partial charge < -0.3 is 22.3 Å². The van der Waals surface area contributed by atoms with Crippen molar-refractivity contribution in [1.29, 1.82) is 0 Å². The van der Waals surface area contributed by atoms with E-state index in [4.69, 9.17) is 0 Å². The average molecular weight is 113 g/mol. The van der Waals surface area contributed by atoms with Gasteiger partial charge in [0, 0.05) is 0 Å². The summed E-state index contributed by atoms with van der Waals surface area (Å²) in [7, 11) is 0. The van der Waals surface area contributed by atoms with Crippen LogP contribution in [0.5, 0.6) is 0 Å². The molecule has 0 N–H and O–H groups in total. The van der Waals surface area contributed by atoms with Crippen molar-refractivity contribution < 1.29 is 26.4 Å². The minimum atomic E-state index is 0. The smallest absolute Gasteiger partial charge is 0.358 e. The molecule has 0 amide bonds. The zero-order chi connectivity index (χ0) is 0. The van der Waals surface area contributed by atoms with Gasteiger partial charge in [-0.05, 0) is 0 Å². The van der Waals surface area contributed by atoms with Crippen LogP contribution in [-0.4, -0.2) is 0 Å². The molecule has 0 saturated heterocycles. The maximum Gasteiger partial charge on any atom is 3.00 e. The molecule has 0 saturated carbocycles. The third kappa shape index (κ3) is 78.2. The minimum absolute atomic E-state index is 0.